The molecule has 0 saturated heterocycles. The molecule has 3 aromatic rings. The highest BCUT2D eigenvalue weighted by Crippen LogP contribution is 2.23. The lowest BCUT2D eigenvalue weighted by Gasteiger charge is -2.11. The zero-order chi connectivity index (χ0) is 19.6. The number of aryl methyl sites for hydroxylation is 1. The number of halogens is 1. The first-order valence-corrected chi connectivity index (χ1v) is 11.0. The van der Waals surface area contributed by atoms with Crippen molar-refractivity contribution in [2.75, 3.05) is 11.9 Å². The molecule has 5 heteroatoms. The van der Waals surface area contributed by atoms with Gasteiger partial charge in [-0.3, -0.25) is 0 Å². The number of benzene rings is 3. The molecule has 0 atom stereocenters. The Kier molecular flexibility index (Phi) is 8.22. The molecule has 0 aliphatic carbocycles. The summed E-state index contributed by atoms with van der Waals surface area (Å²) in [5, 5.41) is 7.97. The molecule has 144 valence electrons. The summed E-state index contributed by atoms with van der Waals surface area (Å²) >= 11 is 13.4. The van der Waals surface area contributed by atoms with Gasteiger partial charge in [0.05, 0.1) is 0 Å². The molecule has 0 bridgehead atoms. The van der Waals surface area contributed by atoms with Gasteiger partial charge in [0.15, 0.2) is 5.11 Å². The SMILES string of the molecule is S=C(NCCCc1ccccc1Cl)Nc1ccc(CSc2ccccc2)cc1. The van der Waals surface area contributed by atoms with E-state index in [-0.39, 0.29) is 0 Å². The van der Waals surface area contributed by atoms with Crippen molar-refractivity contribution in [1.29, 1.82) is 0 Å². The van der Waals surface area contributed by atoms with Crippen molar-refractivity contribution in [2.45, 2.75) is 23.5 Å². The zero-order valence-corrected chi connectivity index (χ0v) is 17.9. The first kappa shape index (κ1) is 20.7. The number of anilines is 1. The van der Waals surface area contributed by atoms with E-state index in [4.69, 9.17) is 23.8 Å². The second kappa shape index (κ2) is 11.1. The van der Waals surface area contributed by atoms with Crippen LogP contribution in [0.5, 0.6) is 0 Å². The maximum atomic E-state index is 6.18. The summed E-state index contributed by atoms with van der Waals surface area (Å²) in [4.78, 5) is 1.28. The van der Waals surface area contributed by atoms with E-state index in [9.17, 15) is 0 Å². The highest BCUT2D eigenvalue weighted by Gasteiger charge is 2.01. The molecular weight excluding hydrogens is 404 g/mol. The van der Waals surface area contributed by atoms with E-state index >= 15 is 0 Å². The molecule has 28 heavy (non-hydrogen) atoms. The molecule has 0 heterocycles. The van der Waals surface area contributed by atoms with Crippen LogP contribution in [0.15, 0.2) is 83.8 Å². The Morgan fingerprint density at radius 3 is 2.36 bits per heavy atom. The van der Waals surface area contributed by atoms with Gasteiger partial charge in [-0.25, -0.2) is 0 Å². The third-order valence-corrected chi connectivity index (χ3v) is 5.93. The summed E-state index contributed by atoms with van der Waals surface area (Å²) in [5.41, 5.74) is 3.46. The molecule has 0 aliphatic rings. The number of hydrogen-bond donors (Lipinski definition) is 2. The van der Waals surface area contributed by atoms with Gasteiger partial charge in [-0.1, -0.05) is 60.1 Å². The summed E-state index contributed by atoms with van der Waals surface area (Å²) in [5.74, 6) is 0.953. The van der Waals surface area contributed by atoms with E-state index in [2.05, 4.69) is 65.2 Å². The number of nitrogens with one attached hydrogen (secondary N) is 2. The fourth-order valence-electron chi connectivity index (χ4n) is 2.72. The van der Waals surface area contributed by atoms with Crippen molar-refractivity contribution in [3.63, 3.8) is 0 Å². The van der Waals surface area contributed by atoms with Crippen LogP contribution in [0.2, 0.25) is 5.02 Å². The van der Waals surface area contributed by atoms with Gasteiger partial charge in [-0.05, 0) is 66.5 Å². The van der Waals surface area contributed by atoms with Crippen molar-refractivity contribution in [2.24, 2.45) is 0 Å². The predicted molar refractivity (Wildman–Crippen MR) is 126 cm³/mol. The lowest BCUT2D eigenvalue weighted by Crippen LogP contribution is -2.29. The summed E-state index contributed by atoms with van der Waals surface area (Å²) < 4.78 is 0. The number of hydrogen-bond acceptors (Lipinski definition) is 2. The van der Waals surface area contributed by atoms with Crippen LogP contribution in [0.1, 0.15) is 17.5 Å². The molecular formula is C23H23ClN2S2. The Morgan fingerprint density at radius 1 is 0.893 bits per heavy atom. The summed E-state index contributed by atoms with van der Waals surface area (Å²) in [6.07, 6.45) is 1.91. The van der Waals surface area contributed by atoms with Crippen LogP contribution in [0.3, 0.4) is 0 Å². The molecule has 0 unspecified atom stereocenters. The lowest BCUT2D eigenvalue weighted by atomic mass is 10.1. The Hall–Kier alpha value is -2.01. The van der Waals surface area contributed by atoms with Crippen LogP contribution in [0, 0.1) is 0 Å². The molecule has 3 rings (SSSR count). The summed E-state index contributed by atoms with van der Waals surface area (Å²) in [6, 6.07) is 26.8. The van der Waals surface area contributed by atoms with E-state index in [0.717, 1.165) is 35.8 Å². The first-order chi connectivity index (χ1) is 13.7. The highest BCUT2D eigenvalue weighted by molar-refractivity contribution is 7.98. The van der Waals surface area contributed by atoms with Gasteiger partial charge in [0, 0.05) is 27.9 Å². The van der Waals surface area contributed by atoms with E-state index in [1.807, 2.05) is 36.0 Å². The Labute approximate surface area is 181 Å². The van der Waals surface area contributed by atoms with Crippen molar-refractivity contribution in [3.05, 3.63) is 95.0 Å². The molecule has 0 aromatic heterocycles. The second-order valence-electron chi connectivity index (χ2n) is 6.37. The van der Waals surface area contributed by atoms with Crippen LogP contribution < -0.4 is 10.6 Å². The van der Waals surface area contributed by atoms with Crippen LogP contribution in [-0.2, 0) is 12.2 Å². The molecule has 0 fully saturated rings. The van der Waals surface area contributed by atoms with Gasteiger partial charge in [-0.15, -0.1) is 11.8 Å². The third kappa shape index (κ3) is 6.86. The molecule has 0 saturated carbocycles. The normalized spacial score (nSPS) is 10.5. The molecule has 0 spiro atoms. The third-order valence-electron chi connectivity index (χ3n) is 4.23. The van der Waals surface area contributed by atoms with Gasteiger partial charge in [0.2, 0.25) is 0 Å². The van der Waals surface area contributed by atoms with Crippen molar-refractivity contribution >= 4 is 46.4 Å². The Bertz CT molecular complexity index is 883. The second-order valence-corrected chi connectivity index (χ2v) is 8.24. The fraction of sp³-hybridized carbons (Fsp3) is 0.174. The topological polar surface area (TPSA) is 24.1 Å². The van der Waals surface area contributed by atoms with E-state index in [0.29, 0.717) is 5.11 Å². The number of rotatable bonds is 8. The van der Waals surface area contributed by atoms with E-state index in [1.54, 1.807) is 0 Å². The summed E-state index contributed by atoms with van der Waals surface area (Å²) in [7, 11) is 0. The fourth-order valence-corrected chi connectivity index (χ4v) is 4.05. The quantitative estimate of drug-likeness (QED) is 0.242. The first-order valence-electron chi connectivity index (χ1n) is 9.26. The highest BCUT2D eigenvalue weighted by atomic mass is 35.5. The van der Waals surface area contributed by atoms with Gasteiger partial charge in [0.1, 0.15) is 0 Å². The minimum absolute atomic E-state index is 0.644. The molecule has 2 N–H and O–H groups in total. The zero-order valence-electron chi connectivity index (χ0n) is 15.5. The number of thioether (sulfide) groups is 1. The average Bonchev–Trinajstić information content (AvgIpc) is 2.73. The minimum Gasteiger partial charge on any atom is -0.362 e. The Balaban J connectivity index is 1.37. The van der Waals surface area contributed by atoms with Gasteiger partial charge >= 0.3 is 0 Å². The molecule has 0 amide bonds. The van der Waals surface area contributed by atoms with Crippen molar-refractivity contribution in [3.8, 4) is 0 Å². The maximum Gasteiger partial charge on any atom is 0.170 e. The van der Waals surface area contributed by atoms with Gasteiger partial charge < -0.3 is 10.6 Å². The van der Waals surface area contributed by atoms with E-state index in [1.165, 1.54) is 16.0 Å². The predicted octanol–water partition coefficient (Wildman–Crippen LogP) is 6.55. The van der Waals surface area contributed by atoms with Gasteiger partial charge in [0.25, 0.3) is 0 Å². The van der Waals surface area contributed by atoms with Crippen molar-refractivity contribution < 1.29 is 0 Å². The minimum atomic E-state index is 0.644. The Morgan fingerprint density at radius 2 is 1.61 bits per heavy atom. The maximum absolute atomic E-state index is 6.18. The molecule has 3 aromatic carbocycles. The van der Waals surface area contributed by atoms with Crippen molar-refractivity contribution in [1.82, 2.24) is 5.32 Å². The van der Waals surface area contributed by atoms with Gasteiger partial charge in [-0.2, -0.15) is 0 Å². The average molecular weight is 427 g/mol. The molecule has 0 aliphatic heterocycles. The molecule has 2 nitrogen and oxygen atoms in total. The van der Waals surface area contributed by atoms with Crippen LogP contribution in [0.4, 0.5) is 5.69 Å². The van der Waals surface area contributed by atoms with Crippen LogP contribution in [0.25, 0.3) is 0 Å². The van der Waals surface area contributed by atoms with Crippen LogP contribution in [-0.4, -0.2) is 11.7 Å². The largest absolute Gasteiger partial charge is 0.362 e. The lowest BCUT2D eigenvalue weighted by molar-refractivity contribution is 0.777. The standard InChI is InChI=1S/C23H23ClN2S2/c24-22-11-5-4-7-19(22)8-6-16-25-23(27)26-20-14-12-18(13-15-20)17-28-21-9-2-1-3-10-21/h1-5,7,9-15H,6,8,16-17H2,(H2,25,26,27). The monoisotopic (exact) mass is 426 g/mol. The summed E-state index contributed by atoms with van der Waals surface area (Å²) in [6.45, 7) is 0.808. The number of thiocarbonyl (C=S) groups is 1. The van der Waals surface area contributed by atoms with E-state index < -0.39 is 0 Å². The smallest absolute Gasteiger partial charge is 0.170 e. The molecule has 0 radical (unpaired) electrons. The van der Waals surface area contributed by atoms with Crippen LogP contribution >= 0.6 is 35.6 Å².